The third-order valence-electron chi connectivity index (χ3n) is 3.71. The van der Waals surface area contributed by atoms with Crippen molar-refractivity contribution in [3.63, 3.8) is 0 Å². The summed E-state index contributed by atoms with van der Waals surface area (Å²) in [6, 6.07) is 15.9. The van der Waals surface area contributed by atoms with Crippen LogP contribution in [0.15, 0.2) is 54.6 Å². The summed E-state index contributed by atoms with van der Waals surface area (Å²) in [7, 11) is 1.35. The maximum absolute atomic E-state index is 12.4. The van der Waals surface area contributed by atoms with E-state index >= 15 is 0 Å². The van der Waals surface area contributed by atoms with E-state index in [1.54, 1.807) is 36.4 Å². The number of rotatable bonds is 8. The van der Waals surface area contributed by atoms with Gasteiger partial charge < -0.3 is 9.47 Å². The summed E-state index contributed by atoms with van der Waals surface area (Å²) in [5, 5.41) is 0. The van der Waals surface area contributed by atoms with Crippen LogP contribution in [0.2, 0.25) is 0 Å². The fourth-order valence-corrected chi connectivity index (χ4v) is 2.35. The van der Waals surface area contributed by atoms with Crippen molar-refractivity contribution in [3.05, 3.63) is 65.7 Å². The fraction of sp³-hybridized carbons (Fsp3) is 0.300. The van der Waals surface area contributed by atoms with Gasteiger partial charge in [-0.15, -0.1) is 0 Å². The molecule has 24 heavy (non-hydrogen) atoms. The number of carbonyl (C=O) groups excluding carboxylic acids is 2. The Labute approximate surface area is 142 Å². The first kappa shape index (κ1) is 17.7. The van der Waals surface area contributed by atoms with Crippen molar-refractivity contribution < 1.29 is 19.1 Å². The second-order valence-corrected chi connectivity index (χ2v) is 5.49. The molecule has 2 rings (SSSR count). The molecule has 126 valence electrons. The molecule has 0 bridgehead atoms. The Hall–Kier alpha value is -2.62. The predicted octanol–water partition coefficient (Wildman–Crippen LogP) is 4.03. The number of ether oxygens (including phenoxy) is 2. The molecule has 0 radical (unpaired) electrons. The number of ketones is 1. The van der Waals surface area contributed by atoms with Gasteiger partial charge in [-0.25, -0.2) is 4.79 Å². The van der Waals surface area contributed by atoms with Gasteiger partial charge in [-0.2, -0.15) is 0 Å². The zero-order valence-electron chi connectivity index (χ0n) is 14.0. The SMILES string of the molecule is CCCCC(Oc1ccc(C(=O)c2ccccc2)cc1)C(=O)OC. The molecule has 0 spiro atoms. The van der Waals surface area contributed by atoms with Crippen LogP contribution in [0.3, 0.4) is 0 Å². The summed E-state index contributed by atoms with van der Waals surface area (Å²) < 4.78 is 10.5. The van der Waals surface area contributed by atoms with Crippen molar-refractivity contribution in [1.82, 2.24) is 0 Å². The van der Waals surface area contributed by atoms with Crippen molar-refractivity contribution in [2.24, 2.45) is 0 Å². The third-order valence-corrected chi connectivity index (χ3v) is 3.71. The van der Waals surface area contributed by atoms with Gasteiger partial charge >= 0.3 is 5.97 Å². The zero-order valence-corrected chi connectivity index (χ0v) is 14.0. The van der Waals surface area contributed by atoms with Crippen LogP contribution in [0.4, 0.5) is 0 Å². The molecule has 0 saturated carbocycles. The first-order valence-electron chi connectivity index (χ1n) is 8.10. The third kappa shape index (κ3) is 4.69. The van der Waals surface area contributed by atoms with Crippen LogP contribution in [-0.2, 0) is 9.53 Å². The average molecular weight is 326 g/mol. The maximum Gasteiger partial charge on any atom is 0.347 e. The highest BCUT2D eigenvalue weighted by molar-refractivity contribution is 6.08. The second-order valence-electron chi connectivity index (χ2n) is 5.49. The molecular weight excluding hydrogens is 304 g/mol. The van der Waals surface area contributed by atoms with Gasteiger partial charge in [-0.3, -0.25) is 4.79 Å². The Kier molecular flexibility index (Phi) is 6.55. The standard InChI is InChI=1S/C20H22O4/c1-3-4-10-18(20(22)23-2)24-17-13-11-16(12-14-17)19(21)15-8-6-5-7-9-15/h5-9,11-14,18H,3-4,10H2,1-2H3. The van der Waals surface area contributed by atoms with Crippen molar-refractivity contribution in [2.75, 3.05) is 7.11 Å². The Morgan fingerprint density at radius 1 is 0.958 bits per heavy atom. The van der Waals surface area contributed by atoms with Crippen LogP contribution in [0.1, 0.15) is 42.1 Å². The molecule has 0 fully saturated rings. The van der Waals surface area contributed by atoms with E-state index in [1.807, 2.05) is 18.2 Å². The maximum atomic E-state index is 12.4. The highest BCUT2D eigenvalue weighted by Gasteiger charge is 2.20. The molecule has 0 aromatic heterocycles. The number of hydrogen-bond acceptors (Lipinski definition) is 4. The Morgan fingerprint density at radius 2 is 1.58 bits per heavy atom. The zero-order chi connectivity index (χ0) is 17.4. The molecule has 0 aliphatic carbocycles. The van der Waals surface area contributed by atoms with Gasteiger partial charge in [0.2, 0.25) is 0 Å². The van der Waals surface area contributed by atoms with E-state index in [2.05, 4.69) is 6.92 Å². The molecule has 2 aromatic carbocycles. The molecule has 2 aromatic rings. The summed E-state index contributed by atoms with van der Waals surface area (Å²) in [4.78, 5) is 24.1. The number of unbranched alkanes of at least 4 members (excludes halogenated alkanes) is 1. The molecule has 0 aliphatic rings. The first-order valence-corrected chi connectivity index (χ1v) is 8.10. The molecule has 0 saturated heterocycles. The molecule has 0 aliphatic heterocycles. The topological polar surface area (TPSA) is 52.6 Å². The molecule has 1 unspecified atom stereocenters. The Balaban J connectivity index is 2.07. The van der Waals surface area contributed by atoms with Gasteiger partial charge in [0.25, 0.3) is 0 Å². The summed E-state index contributed by atoms with van der Waals surface area (Å²) >= 11 is 0. The van der Waals surface area contributed by atoms with Gasteiger partial charge in [0.1, 0.15) is 5.75 Å². The number of hydrogen-bond donors (Lipinski definition) is 0. The number of carbonyl (C=O) groups is 2. The van der Waals surface area contributed by atoms with E-state index in [0.717, 1.165) is 12.8 Å². The number of methoxy groups -OCH3 is 1. The first-order chi connectivity index (χ1) is 11.7. The largest absolute Gasteiger partial charge is 0.479 e. The molecule has 0 heterocycles. The highest BCUT2D eigenvalue weighted by Crippen LogP contribution is 2.18. The molecule has 1 atom stereocenters. The van der Waals surface area contributed by atoms with Crippen LogP contribution in [0, 0.1) is 0 Å². The lowest BCUT2D eigenvalue weighted by Gasteiger charge is -2.16. The summed E-state index contributed by atoms with van der Waals surface area (Å²) in [5.41, 5.74) is 1.22. The van der Waals surface area contributed by atoms with E-state index in [4.69, 9.17) is 9.47 Å². The van der Waals surface area contributed by atoms with E-state index in [1.165, 1.54) is 7.11 Å². The summed E-state index contributed by atoms with van der Waals surface area (Å²) in [5.74, 6) is 0.122. The lowest BCUT2D eigenvalue weighted by Crippen LogP contribution is -2.28. The minimum atomic E-state index is -0.620. The minimum absolute atomic E-state index is 0.0438. The van der Waals surface area contributed by atoms with Crippen molar-refractivity contribution in [3.8, 4) is 5.75 Å². The van der Waals surface area contributed by atoms with Crippen molar-refractivity contribution in [2.45, 2.75) is 32.3 Å². The van der Waals surface area contributed by atoms with Crippen LogP contribution >= 0.6 is 0 Å². The second kappa shape index (κ2) is 8.87. The van der Waals surface area contributed by atoms with Crippen molar-refractivity contribution >= 4 is 11.8 Å². The van der Waals surface area contributed by atoms with E-state index in [-0.39, 0.29) is 11.8 Å². The molecule has 4 nitrogen and oxygen atoms in total. The minimum Gasteiger partial charge on any atom is -0.479 e. The van der Waals surface area contributed by atoms with E-state index < -0.39 is 6.10 Å². The van der Waals surface area contributed by atoms with Gasteiger partial charge in [0.15, 0.2) is 11.9 Å². The quantitative estimate of drug-likeness (QED) is 0.543. The van der Waals surface area contributed by atoms with Gasteiger partial charge in [-0.1, -0.05) is 43.7 Å². The number of benzene rings is 2. The lowest BCUT2D eigenvalue weighted by molar-refractivity contribution is -0.149. The van der Waals surface area contributed by atoms with E-state index in [9.17, 15) is 9.59 Å². The summed E-state index contributed by atoms with van der Waals surface area (Å²) in [6.07, 6.45) is 1.84. The molecular formula is C20H22O4. The van der Waals surface area contributed by atoms with Crippen LogP contribution in [-0.4, -0.2) is 25.0 Å². The normalized spacial score (nSPS) is 11.6. The smallest absolute Gasteiger partial charge is 0.347 e. The highest BCUT2D eigenvalue weighted by atomic mass is 16.6. The van der Waals surface area contributed by atoms with Crippen LogP contribution in [0.25, 0.3) is 0 Å². The fourth-order valence-electron chi connectivity index (χ4n) is 2.35. The average Bonchev–Trinajstić information content (AvgIpc) is 2.65. The molecule has 0 amide bonds. The van der Waals surface area contributed by atoms with Crippen molar-refractivity contribution in [1.29, 1.82) is 0 Å². The van der Waals surface area contributed by atoms with Crippen LogP contribution < -0.4 is 4.74 Å². The summed E-state index contributed by atoms with van der Waals surface area (Å²) in [6.45, 7) is 2.05. The van der Waals surface area contributed by atoms with Gasteiger partial charge in [0, 0.05) is 11.1 Å². The van der Waals surface area contributed by atoms with Crippen LogP contribution in [0.5, 0.6) is 5.75 Å². The Morgan fingerprint density at radius 3 is 2.17 bits per heavy atom. The monoisotopic (exact) mass is 326 g/mol. The van der Waals surface area contributed by atoms with E-state index in [0.29, 0.717) is 23.3 Å². The Bertz CT molecular complexity index is 662. The predicted molar refractivity (Wildman–Crippen MR) is 92.3 cm³/mol. The molecule has 0 N–H and O–H groups in total. The number of esters is 1. The molecule has 4 heteroatoms. The van der Waals surface area contributed by atoms with Gasteiger partial charge in [-0.05, 0) is 37.1 Å². The lowest BCUT2D eigenvalue weighted by atomic mass is 10.0. The van der Waals surface area contributed by atoms with Gasteiger partial charge in [0.05, 0.1) is 7.11 Å².